The van der Waals surface area contributed by atoms with Gasteiger partial charge < -0.3 is 15.2 Å². The van der Waals surface area contributed by atoms with Crippen molar-refractivity contribution in [2.24, 2.45) is 5.73 Å². The van der Waals surface area contributed by atoms with Crippen LogP contribution in [0.3, 0.4) is 0 Å². The van der Waals surface area contributed by atoms with E-state index in [4.69, 9.17) is 26.8 Å². The van der Waals surface area contributed by atoms with Crippen molar-refractivity contribution in [3.05, 3.63) is 22.7 Å². The molecule has 1 aromatic carbocycles. The normalized spacial score (nSPS) is 21.8. The molecule has 0 unspecified atom stereocenters. The first-order valence-corrected chi connectivity index (χ1v) is 7.46. The van der Waals surface area contributed by atoms with E-state index in [1.165, 1.54) is 6.42 Å². The van der Waals surface area contributed by atoms with Gasteiger partial charge in [0.2, 0.25) is 0 Å². The zero-order valence-electron chi connectivity index (χ0n) is 11.1. The summed E-state index contributed by atoms with van der Waals surface area (Å²) in [6.07, 6.45) is 6.38. The SMILES string of the molecule is NC1(c2c(Cl)ccc3c2OCCCO3)CCCCC1. The summed E-state index contributed by atoms with van der Waals surface area (Å²) in [5, 5.41) is 0.702. The van der Waals surface area contributed by atoms with Gasteiger partial charge in [-0.15, -0.1) is 0 Å². The second-order valence-electron chi connectivity index (χ2n) is 5.52. The topological polar surface area (TPSA) is 44.5 Å². The van der Waals surface area contributed by atoms with E-state index >= 15 is 0 Å². The minimum atomic E-state index is -0.367. The number of fused-ring (bicyclic) bond motifs is 1. The van der Waals surface area contributed by atoms with Gasteiger partial charge in [0, 0.05) is 22.5 Å². The van der Waals surface area contributed by atoms with Gasteiger partial charge in [0.15, 0.2) is 11.5 Å². The number of nitrogens with two attached hydrogens (primary N) is 1. The van der Waals surface area contributed by atoms with Crippen molar-refractivity contribution in [3.8, 4) is 11.5 Å². The highest BCUT2D eigenvalue weighted by atomic mass is 35.5. The maximum Gasteiger partial charge on any atom is 0.167 e. The van der Waals surface area contributed by atoms with E-state index in [2.05, 4.69) is 0 Å². The summed E-state index contributed by atoms with van der Waals surface area (Å²) in [5.74, 6) is 1.56. The monoisotopic (exact) mass is 281 g/mol. The van der Waals surface area contributed by atoms with E-state index in [1.54, 1.807) is 0 Å². The van der Waals surface area contributed by atoms with Gasteiger partial charge in [-0.3, -0.25) is 0 Å². The summed E-state index contributed by atoms with van der Waals surface area (Å²) in [6.45, 7) is 1.35. The quantitative estimate of drug-likeness (QED) is 0.855. The van der Waals surface area contributed by atoms with E-state index in [0.717, 1.165) is 49.2 Å². The first-order valence-electron chi connectivity index (χ1n) is 7.08. The maximum atomic E-state index is 6.64. The third kappa shape index (κ3) is 2.41. The zero-order chi connectivity index (χ0) is 13.3. The summed E-state index contributed by atoms with van der Waals surface area (Å²) in [7, 11) is 0. The average Bonchev–Trinajstić information content (AvgIpc) is 2.64. The number of ether oxygens (including phenoxy) is 2. The largest absolute Gasteiger partial charge is 0.490 e. The predicted octanol–water partition coefficient (Wildman–Crippen LogP) is 3.62. The van der Waals surface area contributed by atoms with Crippen LogP contribution in [-0.2, 0) is 5.54 Å². The van der Waals surface area contributed by atoms with Crippen LogP contribution in [0.25, 0.3) is 0 Å². The molecular formula is C15H20ClNO2. The van der Waals surface area contributed by atoms with Crippen LogP contribution in [0.5, 0.6) is 11.5 Å². The lowest BCUT2D eigenvalue weighted by Crippen LogP contribution is -2.39. The van der Waals surface area contributed by atoms with Gasteiger partial charge in [-0.05, 0) is 25.0 Å². The van der Waals surface area contributed by atoms with Crippen LogP contribution in [0, 0.1) is 0 Å². The molecule has 3 rings (SSSR count). The smallest absolute Gasteiger partial charge is 0.167 e. The Balaban J connectivity index is 2.08. The van der Waals surface area contributed by atoms with Crippen molar-refractivity contribution in [3.63, 3.8) is 0 Å². The molecule has 0 bridgehead atoms. The third-order valence-corrected chi connectivity index (χ3v) is 4.42. The van der Waals surface area contributed by atoms with Gasteiger partial charge in [-0.2, -0.15) is 0 Å². The van der Waals surface area contributed by atoms with Gasteiger partial charge in [0.05, 0.1) is 13.2 Å². The number of hydrogen-bond acceptors (Lipinski definition) is 3. The molecular weight excluding hydrogens is 262 g/mol. The minimum Gasteiger partial charge on any atom is -0.490 e. The number of hydrogen-bond donors (Lipinski definition) is 1. The fourth-order valence-electron chi connectivity index (χ4n) is 3.11. The highest BCUT2D eigenvalue weighted by Crippen LogP contribution is 2.47. The number of halogens is 1. The second-order valence-corrected chi connectivity index (χ2v) is 5.92. The van der Waals surface area contributed by atoms with Crippen LogP contribution < -0.4 is 15.2 Å². The summed E-state index contributed by atoms with van der Waals surface area (Å²) in [6, 6.07) is 3.77. The maximum absolute atomic E-state index is 6.64. The van der Waals surface area contributed by atoms with Crippen LogP contribution in [0.15, 0.2) is 12.1 Å². The fourth-order valence-corrected chi connectivity index (χ4v) is 3.45. The van der Waals surface area contributed by atoms with Crippen molar-refractivity contribution in [1.82, 2.24) is 0 Å². The van der Waals surface area contributed by atoms with E-state index in [0.29, 0.717) is 18.2 Å². The first kappa shape index (κ1) is 13.1. The van der Waals surface area contributed by atoms with Gasteiger partial charge in [-0.25, -0.2) is 0 Å². The highest BCUT2D eigenvalue weighted by molar-refractivity contribution is 6.31. The molecule has 1 saturated carbocycles. The molecule has 1 aliphatic carbocycles. The van der Waals surface area contributed by atoms with E-state index < -0.39 is 0 Å². The van der Waals surface area contributed by atoms with Crippen molar-refractivity contribution in [1.29, 1.82) is 0 Å². The van der Waals surface area contributed by atoms with Crippen molar-refractivity contribution >= 4 is 11.6 Å². The summed E-state index contributed by atoms with van der Waals surface area (Å²) < 4.78 is 11.6. The highest BCUT2D eigenvalue weighted by Gasteiger charge is 2.36. The molecule has 3 nitrogen and oxygen atoms in total. The standard InChI is InChI=1S/C15H20ClNO2/c16-11-5-6-12-14(19-10-4-9-18-12)13(11)15(17)7-2-1-3-8-15/h5-6H,1-4,7-10,17H2. The first-order chi connectivity index (χ1) is 9.21. The Labute approximate surface area is 119 Å². The Morgan fingerprint density at radius 3 is 2.53 bits per heavy atom. The Hall–Kier alpha value is -0.930. The lowest BCUT2D eigenvalue weighted by atomic mass is 9.77. The zero-order valence-corrected chi connectivity index (χ0v) is 11.8. The van der Waals surface area contributed by atoms with E-state index in [-0.39, 0.29) is 5.54 Å². The van der Waals surface area contributed by atoms with Crippen LogP contribution in [-0.4, -0.2) is 13.2 Å². The lowest BCUT2D eigenvalue weighted by molar-refractivity contribution is 0.272. The molecule has 0 saturated heterocycles. The Morgan fingerprint density at radius 1 is 1.00 bits per heavy atom. The molecule has 2 N–H and O–H groups in total. The summed E-state index contributed by atoms with van der Waals surface area (Å²) >= 11 is 6.42. The molecule has 19 heavy (non-hydrogen) atoms. The molecule has 4 heteroatoms. The molecule has 0 amide bonds. The van der Waals surface area contributed by atoms with Gasteiger partial charge >= 0.3 is 0 Å². The molecule has 0 radical (unpaired) electrons. The average molecular weight is 282 g/mol. The van der Waals surface area contributed by atoms with Crippen LogP contribution in [0.2, 0.25) is 5.02 Å². The van der Waals surface area contributed by atoms with Gasteiger partial charge in [0.25, 0.3) is 0 Å². The molecule has 1 heterocycles. The van der Waals surface area contributed by atoms with Crippen LogP contribution >= 0.6 is 11.6 Å². The van der Waals surface area contributed by atoms with E-state index in [1.807, 2.05) is 12.1 Å². The molecule has 1 aromatic rings. The Kier molecular flexibility index (Phi) is 3.59. The van der Waals surface area contributed by atoms with Crippen LogP contribution in [0.1, 0.15) is 44.1 Å². The van der Waals surface area contributed by atoms with Crippen LogP contribution in [0.4, 0.5) is 0 Å². The number of benzene rings is 1. The van der Waals surface area contributed by atoms with E-state index in [9.17, 15) is 0 Å². The summed E-state index contributed by atoms with van der Waals surface area (Å²) in [5.41, 5.74) is 7.22. The number of rotatable bonds is 1. The molecule has 1 aliphatic heterocycles. The van der Waals surface area contributed by atoms with Crippen molar-refractivity contribution < 1.29 is 9.47 Å². The predicted molar refractivity (Wildman–Crippen MR) is 76.0 cm³/mol. The third-order valence-electron chi connectivity index (χ3n) is 4.11. The Morgan fingerprint density at radius 2 is 1.74 bits per heavy atom. The molecule has 104 valence electrons. The van der Waals surface area contributed by atoms with Gasteiger partial charge in [-0.1, -0.05) is 30.9 Å². The molecule has 0 atom stereocenters. The molecule has 1 fully saturated rings. The van der Waals surface area contributed by atoms with Crippen molar-refractivity contribution in [2.45, 2.75) is 44.1 Å². The molecule has 2 aliphatic rings. The molecule has 0 spiro atoms. The minimum absolute atomic E-state index is 0.367. The van der Waals surface area contributed by atoms with Crippen molar-refractivity contribution in [2.75, 3.05) is 13.2 Å². The molecule has 0 aromatic heterocycles. The fraction of sp³-hybridized carbons (Fsp3) is 0.600. The lowest BCUT2D eigenvalue weighted by Gasteiger charge is -2.35. The van der Waals surface area contributed by atoms with Gasteiger partial charge in [0.1, 0.15) is 0 Å². The Bertz CT molecular complexity index is 469. The second kappa shape index (κ2) is 5.22. The summed E-state index contributed by atoms with van der Waals surface area (Å²) in [4.78, 5) is 0.